The average Bonchev–Trinajstić information content (AvgIpc) is 2.67. The van der Waals surface area contributed by atoms with E-state index in [1.807, 2.05) is 11.6 Å². The molecule has 0 aliphatic rings. The van der Waals surface area contributed by atoms with Crippen molar-refractivity contribution in [3.63, 3.8) is 0 Å². The fourth-order valence-corrected chi connectivity index (χ4v) is 2.19. The molecule has 0 bridgehead atoms. The van der Waals surface area contributed by atoms with Gasteiger partial charge in [0.1, 0.15) is 11.6 Å². The summed E-state index contributed by atoms with van der Waals surface area (Å²) in [6.07, 6.45) is 0.970. The predicted molar refractivity (Wildman–Crippen MR) is 80.4 cm³/mol. The molecule has 3 N–H and O–H groups in total. The lowest BCUT2D eigenvalue weighted by Crippen LogP contribution is -2.09. The van der Waals surface area contributed by atoms with Crippen molar-refractivity contribution < 1.29 is 4.39 Å². The molecule has 0 aliphatic carbocycles. The van der Waals surface area contributed by atoms with E-state index >= 15 is 0 Å². The Hall–Kier alpha value is -1.75. The van der Waals surface area contributed by atoms with Gasteiger partial charge in [-0.05, 0) is 31.0 Å². The number of nitrogens with one attached hydrogen (secondary N) is 1. The lowest BCUT2D eigenvalue weighted by atomic mass is 10.2. The number of hydrogen-bond donors (Lipinski definition) is 2. The van der Waals surface area contributed by atoms with Crippen molar-refractivity contribution in [3.8, 4) is 0 Å². The van der Waals surface area contributed by atoms with E-state index in [0.717, 1.165) is 30.0 Å². The molecular weight excluding hydrogens is 279 g/mol. The molecule has 0 atom stereocenters. The van der Waals surface area contributed by atoms with Crippen molar-refractivity contribution in [2.24, 2.45) is 0 Å². The number of nitrogens with two attached hydrogens (primary N) is 1. The molecule has 6 heteroatoms. The number of benzene rings is 1. The van der Waals surface area contributed by atoms with Crippen LogP contribution >= 0.6 is 11.6 Å². The Morgan fingerprint density at radius 3 is 2.85 bits per heavy atom. The Morgan fingerprint density at radius 2 is 2.20 bits per heavy atom. The predicted octanol–water partition coefficient (Wildman–Crippen LogP) is 3.59. The number of nitrogens with zero attached hydrogens (tertiary/aromatic N) is 2. The molecule has 1 aromatic heterocycles. The molecule has 1 heterocycles. The van der Waals surface area contributed by atoms with Crippen LogP contribution < -0.4 is 11.1 Å². The first kappa shape index (κ1) is 14.7. The van der Waals surface area contributed by atoms with Gasteiger partial charge < -0.3 is 11.1 Å². The fraction of sp³-hybridized carbons (Fsp3) is 0.357. The van der Waals surface area contributed by atoms with Gasteiger partial charge in [0.05, 0.1) is 16.4 Å². The highest BCUT2D eigenvalue weighted by Gasteiger charge is 2.11. The monoisotopic (exact) mass is 296 g/mol. The molecule has 2 rings (SSSR count). The zero-order chi connectivity index (χ0) is 14.7. The Balaban J connectivity index is 2.15. The minimum Gasteiger partial charge on any atom is -0.394 e. The second-order valence-corrected chi connectivity index (χ2v) is 5.08. The molecule has 0 unspecified atom stereocenters. The number of aryl methyl sites for hydroxylation is 2. The molecule has 0 radical (unpaired) electrons. The van der Waals surface area contributed by atoms with E-state index in [1.165, 1.54) is 6.07 Å². The number of nitrogen functional groups attached to an aromatic ring is 1. The van der Waals surface area contributed by atoms with Crippen LogP contribution in [0.25, 0.3) is 0 Å². The maximum atomic E-state index is 13.1. The summed E-state index contributed by atoms with van der Waals surface area (Å²) in [6, 6.07) is 4.66. The van der Waals surface area contributed by atoms with E-state index in [2.05, 4.69) is 17.3 Å². The van der Waals surface area contributed by atoms with Crippen LogP contribution in [0.2, 0.25) is 5.02 Å². The minimum atomic E-state index is -0.415. The van der Waals surface area contributed by atoms with Gasteiger partial charge >= 0.3 is 0 Å². The highest BCUT2D eigenvalue weighted by Crippen LogP contribution is 2.24. The third kappa shape index (κ3) is 3.04. The standard InChI is InChI=1S/C14H18ClFN4/c1-3-6-20-14(13(17)9(2)19-20)18-8-10-4-5-12(16)11(15)7-10/h4-5,7,18H,3,6,8,17H2,1-2H3. The Labute approximate surface area is 122 Å². The Morgan fingerprint density at radius 1 is 1.45 bits per heavy atom. The van der Waals surface area contributed by atoms with Crippen molar-refractivity contribution in [1.29, 1.82) is 0 Å². The van der Waals surface area contributed by atoms with Gasteiger partial charge in [0.2, 0.25) is 0 Å². The SMILES string of the molecule is CCCn1nc(C)c(N)c1NCc1ccc(F)c(Cl)c1. The van der Waals surface area contributed by atoms with Crippen molar-refractivity contribution in [2.75, 3.05) is 11.1 Å². The summed E-state index contributed by atoms with van der Waals surface area (Å²) in [4.78, 5) is 0. The van der Waals surface area contributed by atoms with Gasteiger partial charge in [-0.1, -0.05) is 24.6 Å². The van der Waals surface area contributed by atoms with Gasteiger partial charge in [-0.25, -0.2) is 9.07 Å². The minimum absolute atomic E-state index is 0.121. The van der Waals surface area contributed by atoms with Gasteiger partial charge in [0.15, 0.2) is 0 Å². The van der Waals surface area contributed by atoms with Gasteiger partial charge in [-0.3, -0.25) is 0 Å². The van der Waals surface area contributed by atoms with Crippen molar-refractivity contribution in [3.05, 3.63) is 40.3 Å². The topological polar surface area (TPSA) is 55.9 Å². The van der Waals surface area contributed by atoms with E-state index in [4.69, 9.17) is 17.3 Å². The zero-order valence-electron chi connectivity index (χ0n) is 11.6. The van der Waals surface area contributed by atoms with E-state index in [9.17, 15) is 4.39 Å². The quantitative estimate of drug-likeness (QED) is 0.886. The number of halogens is 2. The van der Waals surface area contributed by atoms with E-state index in [1.54, 1.807) is 12.1 Å². The molecular formula is C14H18ClFN4. The smallest absolute Gasteiger partial charge is 0.148 e. The summed E-state index contributed by atoms with van der Waals surface area (Å²) in [5.74, 6) is 0.381. The Kier molecular flexibility index (Phi) is 4.49. The first-order valence-electron chi connectivity index (χ1n) is 6.53. The summed E-state index contributed by atoms with van der Waals surface area (Å²) in [6.45, 7) is 5.27. The zero-order valence-corrected chi connectivity index (χ0v) is 12.3. The van der Waals surface area contributed by atoms with Crippen LogP contribution in [0, 0.1) is 12.7 Å². The Bertz CT molecular complexity index is 609. The third-order valence-electron chi connectivity index (χ3n) is 3.05. The second-order valence-electron chi connectivity index (χ2n) is 4.67. The summed E-state index contributed by atoms with van der Waals surface area (Å²) >= 11 is 5.77. The lowest BCUT2D eigenvalue weighted by molar-refractivity contribution is 0.602. The van der Waals surface area contributed by atoms with Crippen LogP contribution in [-0.2, 0) is 13.1 Å². The number of hydrogen-bond acceptors (Lipinski definition) is 3. The van der Waals surface area contributed by atoms with Gasteiger partial charge in [0.25, 0.3) is 0 Å². The summed E-state index contributed by atoms with van der Waals surface area (Å²) in [5.41, 5.74) is 8.36. The summed E-state index contributed by atoms with van der Waals surface area (Å²) in [7, 11) is 0. The molecule has 108 valence electrons. The molecule has 0 saturated heterocycles. The average molecular weight is 297 g/mol. The van der Waals surface area contributed by atoms with Crippen LogP contribution in [0.3, 0.4) is 0 Å². The van der Waals surface area contributed by atoms with E-state index < -0.39 is 5.82 Å². The third-order valence-corrected chi connectivity index (χ3v) is 3.34. The first-order valence-corrected chi connectivity index (χ1v) is 6.91. The van der Waals surface area contributed by atoms with Crippen LogP contribution in [0.15, 0.2) is 18.2 Å². The van der Waals surface area contributed by atoms with Gasteiger partial charge in [0, 0.05) is 13.1 Å². The van der Waals surface area contributed by atoms with Gasteiger partial charge in [-0.15, -0.1) is 0 Å². The second kappa shape index (κ2) is 6.13. The van der Waals surface area contributed by atoms with Crippen LogP contribution in [0.4, 0.5) is 15.9 Å². The van der Waals surface area contributed by atoms with E-state index in [-0.39, 0.29) is 5.02 Å². The molecule has 0 amide bonds. The molecule has 0 saturated carbocycles. The highest BCUT2D eigenvalue weighted by atomic mass is 35.5. The van der Waals surface area contributed by atoms with Crippen molar-refractivity contribution in [2.45, 2.75) is 33.4 Å². The maximum absolute atomic E-state index is 13.1. The molecule has 0 fully saturated rings. The lowest BCUT2D eigenvalue weighted by Gasteiger charge is -2.10. The van der Waals surface area contributed by atoms with E-state index in [0.29, 0.717) is 12.2 Å². The number of rotatable bonds is 5. The largest absolute Gasteiger partial charge is 0.394 e. The molecule has 2 aromatic rings. The summed E-state index contributed by atoms with van der Waals surface area (Å²) < 4.78 is 15.0. The molecule has 1 aromatic carbocycles. The fourth-order valence-electron chi connectivity index (χ4n) is 1.99. The molecule has 4 nitrogen and oxygen atoms in total. The highest BCUT2D eigenvalue weighted by molar-refractivity contribution is 6.30. The first-order chi connectivity index (χ1) is 9.52. The van der Waals surface area contributed by atoms with Crippen LogP contribution in [0.5, 0.6) is 0 Å². The normalized spacial score (nSPS) is 10.8. The number of anilines is 2. The maximum Gasteiger partial charge on any atom is 0.148 e. The molecule has 20 heavy (non-hydrogen) atoms. The van der Waals surface area contributed by atoms with Gasteiger partial charge in [-0.2, -0.15) is 5.10 Å². The molecule has 0 aliphatic heterocycles. The van der Waals surface area contributed by atoms with Crippen molar-refractivity contribution in [1.82, 2.24) is 9.78 Å². The summed E-state index contributed by atoms with van der Waals surface area (Å²) in [5, 5.41) is 7.75. The van der Waals surface area contributed by atoms with Crippen molar-refractivity contribution >= 4 is 23.1 Å². The van der Waals surface area contributed by atoms with Crippen LogP contribution in [-0.4, -0.2) is 9.78 Å². The molecule has 0 spiro atoms. The number of aromatic nitrogens is 2. The van der Waals surface area contributed by atoms with Crippen LogP contribution in [0.1, 0.15) is 24.6 Å².